The van der Waals surface area contributed by atoms with Gasteiger partial charge in [-0.05, 0) is 57.0 Å². The Hall–Kier alpha value is -1.37. The average Bonchev–Trinajstić information content (AvgIpc) is 2.70. The van der Waals surface area contributed by atoms with Gasteiger partial charge in [0.1, 0.15) is 5.82 Å². The van der Waals surface area contributed by atoms with Crippen LogP contribution in [0.4, 0.5) is 14.9 Å². The Morgan fingerprint density at radius 2 is 1.93 bits per heavy atom. The number of hydrogen-bond acceptors (Lipinski definition) is 3. The molecule has 1 aromatic rings. The van der Waals surface area contributed by atoms with Crippen molar-refractivity contribution in [3.8, 4) is 0 Å². The first-order valence-corrected chi connectivity index (χ1v) is 11.6. The molecule has 0 aliphatic carbocycles. The van der Waals surface area contributed by atoms with Crippen molar-refractivity contribution in [2.45, 2.75) is 52.5 Å². The Bertz CT molecular complexity index is 665. The van der Waals surface area contributed by atoms with Crippen LogP contribution in [0, 0.1) is 11.7 Å². The van der Waals surface area contributed by atoms with E-state index in [1.54, 1.807) is 6.07 Å². The molecule has 30 heavy (non-hydrogen) atoms. The lowest BCUT2D eigenvalue weighted by molar-refractivity contribution is 0.142. The van der Waals surface area contributed by atoms with Gasteiger partial charge in [0.2, 0.25) is 0 Å². The molecular weight excluding hydrogens is 403 g/mol. The van der Waals surface area contributed by atoms with E-state index in [1.807, 2.05) is 4.90 Å². The van der Waals surface area contributed by atoms with Gasteiger partial charge in [0.25, 0.3) is 0 Å². The number of rotatable bonds is 10. The average molecular weight is 441 g/mol. The number of carbonyl (C=O) groups is 1. The second-order valence-corrected chi connectivity index (χ2v) is 9.11. The first-order valence-electron chi connectivity index (χ1n) is 11.2. The van der Waals surface area contributed by atoms with Crippen LogP contribution in [-0.4, -0.2) is 73.1 Å². The van der Waals surface area contributed by atoms with Crippen LogP contribution in [0.1, 0.15) is 46.5 Å². The molecule has 0 radical (unpaired) electrons. The van der Waals surface area contributed by atoms with E-state index >= 15 is 0 Å². The third-order valence-electron chi connectivity index (χ3n) is 5.91. The largest absolute Gasteiger partial charge is 0.322 e. The minimum atomic E-state index is -0.485. The zero-order valence-corrected chi connectivity index (χ0v) is 19.7. The number of nitrogens with zero attached hydrogens (tertiary/aromatic N) is 3. The molecule has 2 amide bonds. The summed E-state index contributed by atoms with van der Waals surface area (Å²) in [6.45, 7) is 12.8. The number of benzene rings is 1. The first-order chi connectivity index (χ1) is 14.3. The maximum atomic E-state index is 13.4. The Morgan fingerprint density at radius 1 is 1.23 bits per heavy atom. The predicted molar refractivity (Wildman–Crippen MR) is 124 cm³/mol. The van der Waals surface area contributed by atoms with Crippen LogP contribution in [0.25, 0.3) is 0 Å². The monoisotopic (exact) mass is 440 g/mol. The summed E-state index contributed by atoms with van der Waals surface area (Å²) in [4.78, 5) is 20.0. The number of likely N-dealkylation sites (N-methyl/N-ethyl adjacent to an activating group) is 1. The Labute approximate surface area is 186 Å². The van der Waals surface area contributed by atoms with Crippen LogP contribution < -0.4 is 5.32 Å². The normalized spacial score (nSPS) is 16.6. The maximum Gasteiger partial charge on any atom is 0.322 e. The van der Waals surface area contributed by atoms with Crippen LogP contribution >= 0.6 is 11.6 Å². The fourth-order valence-electron chi connectivity index (χ4n) is 4.02. The zero-order valence-electron chi connectivity index (χ0n) is 19.0. The number of halogens is 2. The van der Waals surface area contributed by atoms with Crippen molar-refractivity contribution in [2.24, 2.45) is 5.92 Å². The quantitative estimate of drug-likeness (QED) is 0.510. The highest BCUT2D eigenvalue weighted by atomic mass is 35.5. The topological polar surface area (TPSA) is 38.8 Å². The molecule has 1 aliphatic heterocycles. The number of carbonyl (C=O) groups excluding carboxylic acids is 1. The number of anilines is 1. The van der Waals surface area contributed by atoms with Gasteiger partial charge in [0.15, 0.2) is 0 Å². The molecule has 0 spiro atoms. The van der Waals surface area contributed by atoms with Gasteiger partial charge in [0, 0.05) is 44.5 Å². The summed E-state index contributed by atoms with van der Waals surface area (Å²) >= 11 is 5.88. The van der Waals surface area contributed by atoms with Crippen molar-refractivity contribution in [3.63, 3.8) is 0 Å². The van der Waals surface area contributed by atoms with Crippen LogP contribution in [-0.2, 0) is 0 Å². The van der Waals surface area contributed by atoms with Crippen LogP contribution in [0.2, 0.25) is 5.02 Å². The Balaban J connectivity index is 1.96. The third-order valence-corrected chi connectivity index (χ3v) is 6.19. The van der Waals surface area contributed by atoms with E-state index in [0.29, 0.717) is 11.6 Å². The maximum absolute atomic E-state index is 13.4. The van der Waals surface area contributed by atoms with E-state index in [4.69, 9.17) is 11.6 Å². The molecular formula is C23H38ClFN4O. The smallest absolute Gasteiger partial charge is 0.321 e. The summed E-state index contributed by atoms with van der Waals surface area (Å²) in [7, 11) is 2.17. The highest BCUT2D eigenvalue weighted by molar-refractivity contribution is 6.31. The van der Waals surface area contributed by atoms with Crippen molar-refractivity contribution >= 4 is 23.3 Å². The van der Waals surface area contributed by atoms with E-state index in [-0.39, 0.29) is 17.1 Å². The fourth-order valence-corrected chi connectivity index (χ4v) is 4.20. The van der Waals surface area contributed by atoms with Crippen molar-refractivity contribution in [3.05, 3.63) is 29.0 Å². The number of urea groups is 1. The third kappa shape index (κ3) is 7.71. The summed E-state index contributed by atoms with van der Waals surface area (Å²) < 4.78 is 13.4. The molecule has 0 saturated carbocycles. The molecule has 1 aromatic carbocycles. The molecule has 5 nitrogen and oxygen atoms in total. The van der Waals surface area contributed by atoms with E-state index in [2.05, 4.69) is 42.9 Å². The molecule has 1 atom stereocenters. The van der Waals surface area contributed by atoms with Crippen molar-refractivity contribution < 1.29 is 9.18 Å². The molecule has 1 fully saturated rings. The molecule has 170 valence electrons. The van der Waals surface area contributed by atoms with Crippen LogP contribution in [0.5, 0.6) is 0 Å². The van der Waals surface area contributed by atoms with Gasteiger partial charge in [-0.1, -0.05) is 38.8 Å². The predicted octanol–water partition coefficient (Wildman–Crippen LogP) is 5.17. The van der Waals surface area contributed by atoms with E-state index in [0.717, 1.165) is 65.0 Å². The molecule has 1 heterocycles. The van der Waals surface area contributed by atoms with Crippen molar-refractivity contribution in [2.75, 3.05) is 51.6 Å². The van der Waals surface area contributed by atoms with E-state index in [9.17, 15) is 9.18 Å². The second kappa shape index (κ2) is 12.5. The van der Waals surface area contributed by atoms with Crippen molar-refractivity contribution in [1.29, 1.82) is 0 Å². The van der Waals surface area contributed by atoms with Gasteiger partial charge >= 0.3 is 6.03 Å². The molecule has 1 N–H and O–H groups in total. The lowest BCUT2D eigenvalue weighted by atomic mass is 9.97. The minimum Gasteiger partial charge on any atom is -0.321 e. The summed E-state index contributed by atoms with van der Waals surface area (Å²) in [5, 5.41) is 2.93. The Kier molecular flexibility index (Phi) is 10.4. The number of unbranched alkanes of at least 4 members (excludes halogenated alkanes) is 1. The minimum absolute atomic E-state index is 0.0143. The highest BCUT2D eigenvalue weighted by Gasteiger charge is 2.26. The molecule has 7 heteroatoms. The standard InChI is InChI=1S/C23H38ClFN4O/c1-5-8-22(18(2)3)29(12-7-6-11-28-15-13-27(4)14-16-28)23(30)26-19-9-10-21(25)20(24)17-19/h9-10,17-18,22H,5-8,11-16H2,1-4H3,(H,26,30). The van der Waals surface area contributed by atoms with Gasteiger partial charge in [-0.2, -0.15) is 0 Å². The number of nitrogens with one attached hydrogen (secondary N) is 1. The number of amides is 2. The molecule has 0 aromatic heterocycles. The van der Waals surface area contributed by atoms with Gasteiger partial charge in [-0.25, -0.2) is 9.18 Å². The van der Waals surface area contributed by atoms with Gasteiger partial charge in [0.05, 0.1) is 5.02 Å². The van der Waals surface area contributed by atoms with Crippen LogP contribution in [0.3, 0.4) is 0 Å². The van der Waals surface area contributed by atoms with Crippen molar-refractivity contribution in [1.82, 2.24) is 14.7 Å². The van der Waals surface area contributed by atoms with Gasteiger partial charge < -0.3 is 20.0 Å². The lowest BCUT2D eigenvalue weighted by Gasteiger charge is -2.35. The summed E-state index contributed by atoms with van der Waals surface area (Å²) in [6.07, 6.45) is 4.04. The summed E-state index contributed by atoms with van der Waals surface area (Å²) in [6, 6.07) is 4.34. The Morgan fingerprint density at radius 3 is 2.53 bits per heavy atom. The summed E-state index contributed by atoms with van der Waals surface area (Å²) in [5.74, 6) is -0.119. The SMILES string of the molecule is CCCC(C(C)C)N(CCCCN1CCN(C)CC1)C(=O)Nc1ccc(F)c(Cl)c1. The van der Waals surface area contributed by atoms with Crippen LogP contribution in [0.15, 0.2) is 18.2 Å². The molecule has 1 unspecified atom stereocenters. The van der Waals surface area contributed by atoms with E-state index in [1.165, 1.54) is 12.1 Å². The molecule has 1 saturated heterocycles. The van der Waals surface area contributed by atoms with E-state index < -0.39 is 5.82 Å². The second-order valence-electron chi connectivity index (χ2n) is 8.70. The molecule has 0 bridgehead atoms. The molecule has 1 aliphatic rings. The van der Waals surface area contributed by atoms with Gasteiger partial charge in [-0.3, -0.25) is 0 Å². The zero-order chi connectivity index (χ0) is 22.1. The summed E-state index contributed by atoms with van der Waals surface area (Å²) in [5.41, 5.74) is 0.521. The molecule has 2 rings (SSSR count). The number of hydrogen-bond donors (Lipinski definition) is 1. The highest BCUT2D eigenvalue weighted by Crippen LogP contribution is 2.22. The number of piperazine rings is 1. The lowest BCUT2D eigenvalue weighted by Crippen LogP contribution is -2.46. The first kappa shape index (κ1) is 24.9. The van der Waals surface area contributed by atoms with Gasteiger partial charge in [-0.15, -0.1) is 0 Å². The fraction of sp³-hybridized carbons (Fsp3) is 0.696.